The fourth-order valence-electron chi connectivity index (χ4n) is 3.71. The van der Waals surface area contributed by atoms with Crippen LogP contribution in [-0.4, -0.2) is 72.6 Å². The molecule has 40 heavy (non-hydrogen) atoms. The molecule has 0 saturated heterocycles. The van der Waals surface area contributed by atoms with Crippen molar-refractivity contribution in [2.75, 3.05) is 39.2 Å². The van der Waals surface area contributed by atoms with Gasteiger partial charge in [-0.25, -0.2) is 14.8 Å². The van der Waals surface area contributed by atoms with Gasteiger partial charge in [0.05, 0.1) is 6.61 Å². The van der Waals surface area contributed by atoms with Crippen LogP contribution in [-0.2, 0) is 9.53 Å². The lowest BCUT2D eigenvalue weighted by atomic mass is 10.1. The lowest BCUT2D eigenvalue weighted by Gasteiger charge is -2.13. The second-order valence-corrected chi connectivity index (χ2v) is 9.10. The van der Waals surface area contributed by atoms with Crippen molar-refractivity contribution in [3.8, 4) is 11.5 Å². The highest BCUT2D eigenvalue weighted by Crippen LogP contribution is 2.40. The molecule has 0 amide bonds. The number of benzene rings is 1. The minimum atomic E-state index is -0.662. The van der Waals surface area contributed by atoms with Gasteiger partial charge in [-0.2, -0.15) is 0 Å². The Balaban J connectivity index is 0.00000141. The summed E-state index contributed by atoms with van der Waals surface area (Å²) in [5.74, 6) is 0.570. The second kappa shape index (κ2) is 14.5. The molecule has 0 fully saturated rings. The summed E-state index contributed by atoms with van der Waals surface area (Å²) < 4.78 is 17.2. The molecule has 11 heteroatoms. The Morgan fingerprint density at radius 2 is 2.00 bits per heavy atom. The molecule has 3 aromatic rings. The molecule has 0 spiro atoms. The standard InChI is InChI=1S/C28H32N4O5.CH2O2/c1-5-6-13-36-28(34)24-25(33)23(16-19-17-30-26-21(19)8-7-11-29-26)37-27(24)31-22-10-9-20(15-18(22)2)35-14-12-32(3)4;2-1-3/h7-11,15-17,31,33H,5-6,12-14H2,1-4H3;1H,(H,2,3). The molecule has 0 unspecified atom stereocenters. The summed E-state index contributed by atoms with van der Waals surface area (Å²) in [4.78, 5) is 31.9. The van der Waals surface area contributed by atoms with Crippen molar-refractivity contribution < 1.29 is 33.7 Å². The Hall–Kier alpha value is -4.64. The van der Waals surface area contributed by atoms with Crippen LogP contribution in [0.2, 0.25) is 0 Å². The maximum Gasteiger partial charge on any atom is 0.347 e. The lowest BCUT2D eigenvalue weighted by Crippen LogP contribution is -2.19. The molecule has 1 aliphatic rings. The van der Waals surface area contributed by atoms with Gasteiger partial charge in [-0.1, -0.05) is 13.3 Å². The SMILES string of the molecule is CCCCOC(=O)c1c(Nc2ccc(OCCN(C)C)cc2C)oc(C=C2C=Nc3ncccc32)c1O.O=CO. The zero-order chi connectivity index (χ0) is 29.1. The maximum absolute atomic E-state index is 12.9. The third-order valence-electron chi connectivity index (χ3n) is 5.81. The molecule has 11 nitrogen and oxygen atoms in total. The molecule has 0 radical (unpaired) electrons. The van der Waals surface area contributed by atoms with Crippen LogP contribution in [0.1, 0.15) is 47.0 Å². The number of likely N-dealkylation sites (N-methyl/N-ethyl adjacent to an activating group) is 1. The number of aliphatic imine (C=N–C) groups is 1. The van der Waals surface area contributed by atoms with E-state index in [0.29, 0.717) is 23.7 Å². The Labute approximate surface area is 232 Å². The lowest BCUT2D eigenvalue weighted by molar-refractivity contribution is -0.122. The number of carbonyl (C=O) groups is 2. The number of hydrogen-bond acceptors (Lipinski definition) is 10. The first-order chi connectivity index (χ1) is 19.3. The molecule has 3 N–H and O–H groups in total. The molecular weight excluding hydrogens is 516 g/mol. The van der Waals surface area contributed by atoms with Gasteiger partial charge in [0.1, 0.15) is 12.4 Å². The Kier molecular flexibility index (Phi) is 10.8. The van der Waals surface area contributed by atoms with E-state index in [1.165, 1.54) is 0 Å². The van der Waals surface area contributed by atoms with E-state index >= 15 is 0 Å². The van der Waals surface area contributed by atoms with Crippen molar-refractivity contribution >= 4 is 47.7 Å². The summed E-state index contributed by atoms with van der Waals surface area (Å²) in [5, 5.41) is 21.1. The summed E-state index contributed by atoms with van der Waals surface area (Å²) in [6, 6.07) is 9.28. The number of rotatable bonds is 11. The highest BCUT2D eigenvalue weighted by atomic mass is 16.5. The van der Waals surface area contributed by atoms with E-state index in [1.807, 2.05) is 63.2 Å². The summed E-state index contributed by atoms with van der Waals surface area (Å²) in [7, 11) is 3.98. The number of esters is 1. The number of aromatic hydroxyl groups is 1. The molecule has 212 valence electrons. The highest BCUT2D eigenvalue weighted by Gasteiger charge is 2.28. The Bertz CT molecular complexity index is 1380. The van der Waals surface area contributed by atoms with E-state index in [0.717, 1.165) is 36.3 Å². The molecule has 0 aliphatic carbocycles. The number of hydrogen-bond donors (Lipinski definition) is 3. The van der Waals surface area contributed by atoms with Gasteiger partial charge in [0, 0.05) is 35.8 Å². The molecule has 0 bridgehead atoms. The maximum atomic E-state index is 12.9. The number of fused-ring (bicyclic) bond motifs is 1. The first kappa shape index (κ1) is 29.9. The van der Waals surface area contributed by atoms with Crippen molar-refractivity contribution in [2.45, 2.75) is 26.7 Å². The topological polar surface area (TPSA) is 147 Å². The summed E-state index contributed by atoms with van der Waals surface area (Å²) >= 11 is 0. The van der Waals surface area contributed by atoms with Gasteiger partial charge in [-0.05, 0) is 69.4 Å². The number of anilines is 2. The summed E-state index contributed by atoms with van der Waals surface area (Å²) in [5.41, 5.74) is 3.04. The average molecular weight is 551 g/mol. The first-order valence-electron chi connectivity index (χ1n) is 12.8. The zero-order valence-electron chi connectivity index (χ0n) is 23.0. The minimum absolute atomic E-state index is 0.0602. The predicted octanol–water partition coefficient (Wildman–Crippen LogP) is 5.29. The number of nitrogens with zero attached hydrogens (tertiary/aromatic N) is 3. The molecule has 0 atom stereocenters. The molecule has 1 aliphatic heterocycles. The zero-order valence-corrected chi connectivity index (χ0v) is 23.0. The van der Waals surface area contributed by atoms with Gasteiger partial charge in [0.15, 0.2) is 22.9 Å². The van der Waals surface area contributed by atoms with E-state index in [-0.39, 0.29) is 36.0 Å². The van der Waals surface area contributed by atoms with Gasteiger partial charge in [-0.3, -0.25) is 4.79 Å². The van der Waals surface area contributed by atoms with Crippen LogP contribution in [0.25, 0.3) is 11.6 Å². The van der Waals surface area contributed by atoms with E-state index < -0.39 is 5.97 Å². The number of aryl methyl sites for hydroxylation is 1. The largest absolute Gasteiger partial charge is 0.504 e. The van der Waals surface area contributed by atoms with Crippen molar-refractivity contribution in [3.05, 3.63) is 59.0 Å². The van der Waals surface area contributed by atoms with Gasteiger partial charge < -0.3 is 34.3 Å². The fraction of sp³-hybridized carbons (Fsp3) is 0.310. The molecule has 2 aromatic heterocycles. The summed E-state index contributed by atoms with van der Waals surface area (Å²) in [6.45, 7) is 5.30. The van der Waals surface area contributed by atoms with E-state index in [4.69, 9.17) is 23.8 Å². The average Bonchev–Trinajstić information content (AvgIpc) is 3.46. The molecule has 0 saturated carbocycles. The number of carbonyl (C=O) groups excluding carboxylic acids is 1. The van der Waals surface area contributed by atoms with E-state index in [1.54, 1.807) is 18.5 Å². The van der Waals surface area contributed by atoms with Crippen molar-refractivity contribution in [1.82, 2.24) is 9.88 Å². The smallest absolute Gasteiger partial charge is 0.347 e. The van der Waals surface area contributed by atoms with Crippen molar-refractivity contribution in [2.24, 2.45) is 4.99 Å². The minimum Gasteiger partial charge on any atom is -0.504 e. The summed E-state index contributed by atoms with van der Waals surface area (Å²) in [6.07, 6.45) is 6.54. The van der Waals surface area contributed by atoms with Gasteiger partial charge in [0.25, 0.3) is 6.47 Å². The van der Waals surface area contributed by atoms with Crippen LogP contribution in [0.3, 0.4) is 0 Å². The number of furan rings is 1. The monoisotopic (exact) mass is 550 g/mol. The Morgan fingerprint density at radius 1 is 1.23 bits per heavy atom. The van der Waals surface area contributed by atoms with Gasteiger partial charge >= 0.3 is 5.97 Å². The van der Waals surface area contributed by atoms with Crippen molar-refractivity contribution in [3.63, 3.8) is 0 Å². The van der Waals surface area contributed by atoms with Crippen LogP contribution in [0, 0.1) is 6.92 Å². The molecular formula is C29H34N4O7. The molecule has 3 heterocycles. The molecule has 1 aromatic carbocycles. The number of aromatic nitrogens is 1. The van der Waals surface area contributed by atoms with Crippen LogP contribution >= 0.6 is 0 Å². The van der Waals surface area contributed by atoms with Crippen LogP contribution < -0.4 is 10.1 Å². The number of nitrogens with one attached hydrogen (secondary N) is 1. The molecule has 4 rings (SSSR count). The fourth-order valence-corrected chi connectivity index (χ4v) is 3.71. The number of unbranched alkanes of at least 4 members (excludes halogenated alkanes) is 1. The quantitative estimate of drug-likeness (QED) is 0.163. The van der Waals surface area contributed by atoms with Crippen molar-refractivity contribution in [1.29, 1.82) is 0 Å². The predicted molar refractivity (Wildman–Crippen MR) is 153 cm³/mol. The number of ether oxygens (including phenoxy) is 2. The number of carboxylic acid groups (broad SMARTS) is 1. The van der Waals surface area contributed by atoms with Gasteiger partial charge in [0.2, 0.25) is 5.88 Å². The number of pyridine rings is 1. The number of allylic oxidation sites excluding steroid dienone is 1. The highest BCUT2D eigenvalue weighted by molar-refractivity contribution is 6.21. The van der Waals surface area contributed by atoms with E-state index in [9.17, 15) is 9.90 Å². The first-order valence-corrected chi connectivity index (χ1v) is 12.8. The third kappa shape index (κ3) is 7.70. The van der Waals surface area contributed by atoms with Crippen LogP contribution in [0.4, 0.5) is 17.4 Å². The normalized spacial score (nSPS) is 12.6. The van der Waals surface area contributed by atoms with E-state index in [2.05, 4.69) is 15.3 Å². The van der Waals surface area contributed by atoms with Crippen LogP contribution in [0.5, 0.6) is 11.5 Å². The van der Waals surface area contributed by atoms with Crippen LogP contribution in [0.15, 0.2) is 45.9 Å². The third-order valence-corrected chi connectivity index (χ3v) is 5.81. The van der Waals surface area contributed by atoms with Gasteiger partial charge in [-0.15, -0.1) is 0 Å². The second-order valence-electron chi connectivity index (χ2n) is 9.10. The Morgan fingerprint density at radius 3 is 2.70 bits per heavy atom.